The first-order chi connectivity index (χ1) is 13.2. The van der Waals surface area contributed by atoms with Crippen molar-refractivity contribution in [2.24, 2.45) is 5.73 Å². The van der Waals surface area contributed by atoms with Gasteiger partial charge in [-0.15, -0.1) is 12.4 Å². The van der Waals surface area contributed by atoms with Crippen LogP contribution < -0.4 is 10.6 Å². The van der Waals surface area contributed by atoms with Crippen LogP contribution in [-0.4, -0.2) is 37.0 Å². The van der Waals surface area contributed by atoms with E-state index < -0.39 is 0 Å². The summed E-state index contributed by atoms with van der Waals surface area (Å²) in [6, 6.07) is 16.8. The Kier molecular flexibility index (Phi) is 6.97. The van der Waals surface area contributed by atoms with Crippen molar-refractivity contribution in [3.05, 3.63) is 65.2 Å². The third kappa shape index (κ3) is 4.50. The average molecular weight is 400 g/mol. The maximum atomic E-state index is 13.0. The Morgan fingerprint density at radius 2 is 1.68 bits per heavy atom. The predicted molar refractivity (Wildman–Crippen MR) is 117 cm³/mol. The quantitative estimate of drug-likeness (QED) is 0.838. The molecule has 0 atom stereocenters. The van der Waals surface area contributed by atoms with Crippen molar-refractivity contribution in [1.29, 1.82) is 0 Å². The summed E-state index contributed by atoms with van der Waals surface area (Å²) in [5.74, 6) is 0.696. The summed E-state index contributed by atoms with van der Waals surface area (Å²) in [6.07, 6.45) is 4.53. The molecule has 0 spiro atoms. The smallest absolute Gasteiger partial charge is 0.253 e. The molecule has 0 radical (unpaired) electrons. The van der Waals surface area contributed by atoms with E-state index >= 15 is 0 Å². The molecule has 2 aromatic carbocycles. The van der Waals surface area contributed by atoms with Crippen LogP contribution in [0.5, 0.6) is 0 Å². The second kappa shape index (κ2) is 9.44. The van der Waals surface area contributed by atoms with Gasteiger partial charge in [0.05, 0.1) is 0 Å². The molecule has 150 valence electrons. The Balaban J connectivity index is 0.00000225. The molecular formula is C23H30ClN3O. The number of nitrogens with two attached hydrogens (primary N) is 1. The molecule has 28 heavy (non-hydrogen) atoms. The van der Waals surface area contributed by atoms with E-state index in [-0.39, 0.29) is 18.3 Å². The number of piperidine rings is 1. The zero-order chi connectivity index (χ0) is 18.6. The van der Waals surface area contributed by atoms with Gasteiger partial charge in [-0.05, 0) is 60.9 Å². The molecule has 4 nitrogen and oxygen atoms in total. The molecule has 4 rings (SSSR count). The van der Waals surface area contributed by atoms with E-state index in [1.165, 1.54) is 29.7 Å². The number of likely N-dealkylation sites (tertiary alicyclic amines) is 1. The molecule has 2 aromatic rings. The van der Waals surface area contributed by atoms with Gasteiger partial charge < -0.3 is 15.5 Å². The number of rotatable bonds is 4. The van der Waals surface area contributed by atoms with Crippen LogP contribution in [0.15, 0.2) is 48.5 Å². The van der Waals surface area contributed by atoms with Crippen LogP contribution in [0.1, 0.15) is 53.1 Å². The van der Waals surface area contributed by atoms with Crippen LogP contribution in [-0.2, 0) is 6.54 Å². The van der Waals surface area contributed by atoms with Gasteiger partial charge in [-0.1, -0.05) is 30.3 Å². The lowest BCUT2D eigenvalue weighted by Crippen LogP contribution is -2.38. The number of carbonyl (C=O) groups is 1. The van der Waals surface area contributed by atoms with Crippen molar-refractivity contribution in [3.8, 4) is 0 Å². The monoisotopic (exact) mass is 399 g/mol. The highest BCUT2D eigenvalue weighted by Crippen LogP contribution is 2.30. The van der Waals surface area contributed by atoms with E-state index in [1.54, 1.807) is 0 Å². The van der Waals surface area contributed by atoms with Gasteiger partial charge in [-0.2, -0.15) is 0 Å². The van der Waals surface area contributed by atoms with Crippen molar-refractivity contribution < 1.29 is 4.79 Å². The van der Waals surface area contributed by atoms with E-state index in [4.69, 9.17) is 5.73 Å². The van der Waals surface area contributed by atoms with Gasteiger partial charge in [-0.3, -0.25) is 4.79 Å². The lowest BCUT2D eigenvalue weighted by atomic mass is 9.88. The van der Waals surface area contributed by atoms with Crippen LogP contribution in [0.4, 0.5) is 5.69 Å². The zero-order valence-corrected chi connectivity index (χ0v) is 17.2. The molecule has 0 aliphatic carbocycles. The molecule has 0 bridgehead atoms. The van der Waals surface area contributed by atoms with Gasteiger partial charge in [0.1, 0.15) is 0 Å². The summed E-state index contributed by atoms with van der Waals surface area (Å²) in [5.41, 5.74) is 10.3. The standard InChI is InChI=1S/C23H29N3O.ClH/c24-17-18-5-3-6-20(15-18)19-9-13-26(14-10-19)23(27)21-7-4-8-22(16-21)25-11-1-2-12-25;/h3-8,15-16,19H,1-2,9-14,17,24H2;1H. The maximum Gasteiger partial charge on any atom is 0.253 e. The molecule has 5 heteroatoms. The molecule has 2 N–H and O–H groups in total. The van der Waals surface area contributed by atoms with E-state index in [9.17, 15) is 4.79 Å². The van der Waals surface area contributed by atoms with Gasteiger partial charge in [0.25, 0.3) is 5.91 Å². The highest BCUT2D eigenvalue weighted by Gasteiger charge is 2.25. The molecule has 2 aliphatic rings. The maximum absolute atomic E-state index is 13.0. The van der Waals surface area contributed by atoms with Crippen LogP contribution in [0.3, 0.4) is 0 Å². The van der Waals surface area contributed by atoms with E-state index in [0.29, 0.717) is 12.5 Å². The Morgan fingerprint density at radius 3 is 2.39 bits per heavy atom. The first-order valence-electron chi connectivity index (χ1n) is 10.2. The zero-order valence-electron chi connectivity index (χ0n) is 16.3. The molecule has 2 heterocycles. The van der Waals surface area contributed by atoms with Crippen molar-refractivity contribution in [2.45, 2.75) is 38.1 Å². The lowest BCUT2D eigenvalue weighted by Gasteiger charge is -2.32. The minimum Gasteiger partial charge on any atom is -0.372 e. The molecule has 2 fully saturated rings. The van der Waals surface area contributed by atoms with Gasteiger partial charge in [0, 0.05) is 44.0 Å². The summed E-state index contributed by atoms with van der Waals surface area (Å²) in [5, 5.41) is 0. The summed E-state index contributed by atoms with van der Waals surface area (Å²) < 4.78 is 0. The first-order valence-corrected chi connectivity index (χ1v) is 10.2. The van der Waals surface area contributed by atoms with Crippen LogP contribution in [0.2, 0.25) is 0 Å². The van der Waals surface area contributed by atoms with Crippen molar-refractivity contribution >= 4 is 24.0 Å². The largest absolute Gasteiger partial charge is 0.372 e. The Labute approximate surface area is 174 Å². The summed E-state index contributed by atoms with van der Waals surface area (Å²) in [7, 11) is 0. The van der Waals surface area contributed by atoms with Gasteiger partial charge in [-0.25, -0.2) is 0 Å². The second-order valence-electron chi connectivity index (χ2n) is 7.76. The Bertz CT molecular complexity index is 796. The lowest BCUT2D eigenvalue weighted by molar-refractivity contribution is 0.0713. The molecule has 0 aromatic heterocycles. The average Bonchev–Trinajstić information content (AvgIpc) is 3.28. The number of carbonyl (C=O) groups excluding carboxylic acids is 1. The normalized spacial score (nSPS) is 17.5. The van der Waals surface area contributed by atoms with E-state index in [0.717, 1.165) is 44.6 Å². The third-order valence-corrected chi connectivity index (χ3v) is 6.00. The Morgan fingerprint density at radius 1 is 0.964 bits per heavy atom. The number of benzene rings is 2. The number of nitrogens with zero attached hydrogens (tertiary/aromatic N) is 2. The van der Waals surface area contributed by atoms with Gasteiger partial charge in [0.15, 0.2) is 0 Å². The first kappa shape index (κ1) is 20.7. The molecule has 2 saturated heterocycles. The Hall–Kier alpha value is -2.04. The van der Waals surface area contributed by atoms with Crippen molar-refractivity contribution in [3.63, 3.8) is 0 Å². The third-order valence-electron chi connectivity index (χ3n) is 6.00. The minimum absolute atomic E-state index is 0. The highest BCUT2D eigenvalue weighted by molar-refractivity contribution is 5.95. The fraction of sp³-hybridized carbons (Fsp3) is 0.435. The fourth-order valence-corrected chi connectivity index (χ4v) is 4.38. The van der Waals surface area contributed by atoms with Crippen molar-refractivity contribution in [1.82, 2.24) is 4.90 Å². The number of halogens is 1. The second-order valence-corrected chi connectivity index (χ2v) is 7.76. The molecule has 0 unspecified atom stereocenters. The fourth-order valence-electron chi connectivity index (χ4n) is 4.38. The SMILES string of the molecule is Cl.NCc1cccc(C2CCN(C(=O)c3cccc(N4CCCC4)c3)CC2)c1. The van der Waals surface area contributed by atoms with E-state index in [2.05, 4.69) is 41.3 Å². The molecule has 0 saturated carbocycles. The summed E-state index contributed by atoms with van der Waals surface area (Å²) >= 11 is 0. The van der Waals surface area contributed by atoms with E-state index in [1.807, 2.05) is 17.0 Å². The summed E-state index contributed by atoms with van der Waals surface area (Å²) in [4.78, 5) is 17.4. The number of amides is 1. The molecule has 1 amide bonds. The van der Waals surface area contributed by atoms with Crippen LogP contribution in [0.25, 0.3) is 0 Å². The topological polar surface area (TPSA) is 49.6 Å². The molecular weight excluding hydrogens is 370 g/mol. The predicted octanol–water partition coefficient (Wildman–Crippen LogP) is 4.19. The number of hydrogen-bond donors (Lipinski definition) is 1. The molecule has 2 aliphatic heterocycles. The number of anilines is 1. The highest BCUT2D eigenvalue weighted by atomic mass is 35.5. The minimum atomic E-state index is 0. The summed E-state index contributed by atoms with van der Waals surface area (Å²) in [6.45, 7) is 4.43. The van der Waals surface area contributed by atoms with Crippen LogP contribution in [0, 0.1) is 0 Å². The van der Waals surface area contributed by atoms with Crippen LogP contribution >= 0.6 is 12.4 Å². The van der Waals surface area contributed by atoms with Crippen molar-refractivity contribution in [2.75, 3.05) is 31.1 Å². The number of hydrogen-bond acceptors (Lipinski definition) is 3. The van der Waals surface area contributed by atoms with Gasteiger partial charge in [0.2, 0.25) is 0 Å². The van der Waals surface area contributed by atoms with Gasteiger partial charge >= 0.3 is 0 Å².